The number of hydrogen-bond acceptors (Lipinski definition) is 1. The molecular weight excluding hydrogens is 148 g/mol. The third-order valence-electron chi connectivity index (χ3n) is 2.96. The molecule has 0 aromatic carbocycles. The number of carbonyl (C=O) groups excluding carboxylic acids is 1. The summed E-state index contributed by atoms with van der Waals surface area (Å²) in [6, 6.07) is 0. The van der Waals surface area contributed by atoms with Crippen LogP contribution in [0.4, 0.5) is 0 Å². The second-order valence-corrected chi connectivity index (χ2v) is 4.57. The summed E-state index contributed by atoms with van der Waals surface area (Å²) < 4.78 is 0. The quantitative estimate of drug-likeness (QED) is 0.542. The molecule has 1 heteroatoms. The van der Waals surface area contributed by atoms with Gasteiger partial charge in [0.1, 0.15) is 5.78 Å². The van der Waals surface area contributed by atoms with Gasteiger partial charge in [-0.2, -0.15) is 0 Å². The number of rotatable bonds is 0. The molecule has 0 aromatic heterocycles. The van der Waals surface area contributed by atoms with Crippen molar-refractivity contribution in [2.45, 2.75) is 58.8 Å². The van der Waals surface area contributed by atoms with Gasteiger partial charge in [0.25, 0.3) is 0 Å². The molecule has 0 N–H and O–H groups in total. The SMILES string of the molecule is CC1(C)CCCCCCCC1=O. The average molecular weight is 168 g/mol. The van der Waals surface area contributed by atoms with Crippen LogP contribution in [0.25, 0.3) is 0 Å². The van der Waals surface area contributed by atoms with Gasteiger partial charge in [0.2, 0.25) is 0 Å². The van der Waals surface area contributed by atoms with E-state index >= 15 is 0 Å². The molecule has 1 fully saturated rings. The zero-order valence-corrected chi connectivity index (χ0v) is 8.36. The minimum Gasteiger partial charge on any atom is -0.299 e. The molecule has 1 aliphatic rings. The summed E-state index contributed by atoms with van der Waals surface area (Å²) in [5.41, 5.74) is -0.0374. The fourth-order valence-electron chi connectivity index (χ4n) is 1.86. The van der Waals surface area contributed by atoms with Gasteiger partial charge in [0.15, 0.2) is 0 Å². The van der Waals surface area contributed by atoms with E-state index in [-0.39, 0.29) is 5.41 Å². The Balaban J connectivity index is 2.53. The van der Waals surface area contributed by atoms with Crippen molar-refractivity contribution >= 4 is 5.78 Å². The van der Waals surface area contributed by atoms with Gasteiger partial charge in [-0.15, -0.1) is 0 Å². The molecule has 0 heterocycles. The van der Waals surface area contributed by atoms with Crippen LogP contribution in [0.3, 0.4) is 0 Å². The number of ketones is 1. The molecule has 0 atom stereocenters. The summed E-state index contributed by atoms with van der Waals surface area (Å²) >= 11 is 0. The number of hydrogen-bond donors (Lipinski definition) is 0. The van der Waals surface area contributed by atoms with E-state index in [1.54, 1.807) is 0 Å². The maximum Gasteiger partial charge on any atom is 0.138 e. The van der Waals surface area contributed by atoms with E-state index in [4.69, 9.17) is 0 Å². The molecule has 12 heavy (non-hydrogen) atoms. The van der Waals surface area contributed by atoms with Crippen LogP contribution < -0.4 is 0 Å². The van der Waals surface area contributed by atoms with E-state index in [0.717, 1.165) is 19.3 Å². The van der Waals surface area contributed by atoms with E-state index in [1.807, 2.05) is 0 Å². The molecule has 1 aliphatic carbocycles. The molecule has 1 saturated carbocycles. The van der Waals surface area contributed by atoms with E-state index < -0.39 is 0 Å². The average Bonchev–Trinajstić information content (AvgIpc) is 2.06. The van der Waals surface area contributed by atoms with Crippen molar-refractivity contribution in [1.29, 1.82) is 0 Å². The summed E-state index contributed by atoms with van der Waals surface area (Å²) in [6.45, 7) is 4.20. The Labute approximate surface area is 75.5 Å². The van der Waals surface area contributed by atoms with Crippen LogP contribution >= 0.6 is 0 Å². The van der Waals surface area contributed by atoms with Crippen molar-refractivity contribution in [1.82, 2.24) is 0 Å². The van der Waals surface area contributed by atoms with Crippen LogP contribution in [0.5, 0.6) is 0 Å². The molecular formula is C11H20O. The molecule has 70 valence electrons. The third kappa shape index (κ3) is 2.62. The van der Waals surface area contributed by atoms with E-state index in [2.05, 4.69) is 13.8 Å². The highest BCUT2D eigenvalue weighted by Crippen LogP contribution is 2.29. The first-order chi connectivity index (χ1) is 5.63. The van der Waals surface area contributed by atoms with Crippen molar-refractivity contribution in [3.05, 3.63) is 0 Å². The molecule has 0 unspecified atom stereocenters. The molecule has 0 aliphatic heterocycles. The van der Waals surface area contributed by atoms with E-state index in [9.17, 15) is 4.79 Å². The van der Waals surface area contributed by atoms with Crippen molar-refractivity contribution in [3.8, 4) is 0 Å². The summed E-state index contributed by atoms with van der Waals surface area (Å²) in [6.07, 6.45) is 8.14. The van der Waals surface area contributed by atoms with E-state index in [0.29, 0.717) is 5.78 Å². The highest BCUT2D eigenvalue weighted by molar-refractivity contribution is 5.83. The predicted molar refractivity (Wildman–Crippen MR) is 51.1 cm³/mol. The molecule has 0 amide bonds. The molecule has 1 nitrogen and oxygen atoms in total. The highest BCUT2D eigenvalue weighted by Gasteiger charge is 2.26. The van der Waals surface area contributed by atoms with Gasteiger partial charge in [0, 0.05) is 11.8 Å². The second-order valence-electron chi connectivity index (χ2n) is 4.57. The van der Waals surface area contributed by atoms with Crippen LogP contribution in [-0.4, -0.2) is 5.78 Å². The van der Waals surface area contributed by atoms with Crippen molar-refractivity contribution < 1.29 is 4.79 Å². The highest BCUT2D eigenvalue weighted by atomic mass is 16.1. The van der Waals surface area contributed by atoms with Gasteiger partial charge >= 0.3 is 0 Å². The molecule has 1 rings (SSSR count). The van der Waals surface area contributed by atoms with Gasteiger partial charge in [-0.05, 0) is 12.8 Å². The Morgan fingerprint density at radius 3 is 2.33 bits per heavy atom. The zero-order valence-electron chi connectivity index (χ0n) is 8.36. The minimum absolute atomic E-state index is 0.0374. The van der Waals surface area contributed by atoms with Crippen molar-refractivity contribution in [3.63, 3.8) is 0 Å². The molecule has 0 bridgehead atoms. The Kier molecular flexibility index (Phi) is 3.30. The monoisotopic (exact) mass is 168 g/mol. The van der Waals surface area contributed by atoms with Gasteiger partial charge in [0.05, 0.1) is 0 Å². The van der Waals surface area contributed by atoms with Crippen LogP contribution in [0.1, 0.15) is 58.8 Å². The van der Waals surface area contributed by atoms with Gasteiger partial charge < -0.3 is 0 Å². The third-order valence-corrected chi connectivity index (χ3v) is 2.96. The lowest BCUT2D eigenvalue weighted by atomic mass is 9.82. The Morgan fingerprint density at radius 1 is 1.00 bits per heavy atom. The molecule has 0 aromatic rings. The van der Waals surface area contributed by atoms with Crippen molar-refractivity contribution in [2.24, 2.45) is 5.41 Å². The van der Waals surface area contributed by atoms with Crippen LogP contribution in [0, 0.1) is 5.41 Å². The number of Topliss-reactive ketones (excluding diaryl/α,β-unsaturated/α-hetero) is 1. The Bertz CT molecular complexity index is 158. The first kappa shape index (κ1) is 9.76. The van der Waals surface area contributed by atoms with Crippen molar-refractivity contribution in [2.75, 3.05) is 0 Å². The Morgan fingerprint density at radius 2 is 1.58 bits per heavy atom. The summed E-state index contributed by atoms with van der Waals surface area (Å²) in [5.74, 6) is 0.476. The maximum atomic E-state index is 11.6. The lowest BCUT2D eigenvalue weighted by molar-refractivity contribution is -0.127. The van der Waals surface area contributed by atoms with Crippen LogP contribution in [0.15, 0.2) is 0 Å². The lowest BCUT2D eigenvalue weighted by Gasteiger charge is -2.21. The molecule has 0 spiro atoms. The van der Waals surface area contributed by atoms with Gasteiger partial charge in [-0.3, -0.25) is 4.79 Å². The largest absolute Gasteiger partial charge is 0.299 e. The van der Waals surface area contributed by atoms with Crippen LogP contribution in [-0.2, 0) is 4.79 Å². The van der Waals surface area contributed by atoms with E-state index in [1.165, 1.54) is 25.7 Å². The molecule has 0 saturated heterocycles. The minimum atomic E-state index is -0.0374. The first-order valence-electron chi connectivity index (χ1n) is 5.16. The predicted octanol–water partition coefficient (Wildman–Crippen LogP) is 3.33. The summed E-state index contributed by atoms with van der Waals surface area (Å²) in [5, 5.41) is 0. The lowest BCUT2D eigenvalue weighted by Crippen LogP contribution is -2.23. The number of carbonyl (C=O) groups is 1. The zero-order chi connectivity index (χ0) is 9.03. The van der Waals surface area contributed by atoms with Gasteiger partial charge in [-0.1, -0.05) is 39.5 Å². The molecule has 0 radical (unpaired) electrons. The second kappa shape index (κ2) is 4.06. The standard InChI is InChI=1S/C11H20O/c1-11(2)9-7-5-3-4-6-8-10(11)12/h3-9H2,1-2H3. The Hall–Kier alpha value is -0.330. The fraction of sp³-hybridized carbons (Fsp3) is 0.909. The van der Waals surface area contributed by atoms with Gasteiger partial charge in [-0.25, -0.2) is 0 Å². The maximum absolute atomic E-state index is 11.6. The smallest absolute Gasteiger partial charge is 0.138 e. The fourth-order valence-corrected chi connectivity index (χ4v) is 1.86. The van der Waals surface area contributed by atoms with Crippen LogP contribution in [0.2, 0.25) is 0 Å². The normalized spacial score (nSPS) is 25.7. The summed E-state index contributed by atoms with van der Waals surface area (Å²) in [4.78, 5) is 11.6. The summed E-state index contributed by atoms with van der Waals surface area (Å²) in [7, 11) is 0. The first-order valence-corrected chi connectivity index (χ1v) is 5.16. The topological polar surface area (TPSA) is 17.1 Å².